The molecule has 5 heteroatoms. The Bertz CT molecular complexity index is 670. The van der Waals surface area contributed by atoms with Crippen LogP contribution in [0.4, 0.5) is 0 Å². The number of nitrogens with zero attached hydrogens (tertiary/aromatic N) is 1. The third kappa shape index (κ3) is 3.22. The summed E-state index contributed by atoms with van der Waals surface area (Å²) in [4.78, 5) is 26.7. The number of carbonyl (C=O) groups is 2. The second-order valence-electron chi connectivity index (χ2n) is 4.75. The molecule has 2 rings (SSSR count). The van der Waals surface area contributed by atoms with Crippen LogP contribution in [0.25, 0.3) is 10.9 Å². The summed E-state index contributed by atoms with van der Waals surface area (Å²) in [6, 6.07) is 7.78. The van der Waals surface area contributed by atoms with Gasteiger partial charge >= 0.3 is 0 Å². The Balaban J connectivity index is 2.41. The van der Waals surface area contributed by atoms with Crippen LogP contribution >= 0.6 is 15.9 Å². The zero-order chi connectivity index (χ0) is 14.7. The number of nitrogens with two attached hydrogens (primary N) is 1. The average Bonchev–Trinajstić information content (AvgIpc) is 2.39. The van der Waals surface area contributed by atoms with Gasteiger partial charge in [0, 0.05) is 27.9 Å². The number of halogens is 1. The van der Waals surface area contributed by atoms with E-state index in [1.165, 1.54) is 0 Å². The molecule has 2 N–H and O–H groups in total. The Morgan fingerprint density at radius 1 is 1.45 bits per heavy atom. The highest BCUT2D eigenvalue weighted by atomic mass is 79.9. The van der Waals surface area contributed by atoms with Gasteiger partial charge in [-0.25, -0.2) is 0 Å². The molecule has 0 spiro atoms. The predicted octanol–water partition coefficient (Wildman–Crippen LogP) is 2.85. The first-order valence-corrected chi connectivity index (χ1v) is 7.11. The average molecular weight is 335 g/mol. The van der Waals surface area contributed by atoms with E-state index >= 15 is 0 Å². The summed E-state index contributed by atoms with van der Waals surface area (Å²) >= 11 is 3.41. The van der Waals surface area contributed by atoms with Crippen molar-refractivity contribution in [2.45, 2.75) is 25.7 Å². The van der Waals surface area contributed by atoms with E-state index in [0.717, 1.165) is 32.9 Å². The number of aromatic nitrogens is 1. The first-order valence-electron chi connectivity index (χ1n) is 6.31. The zero-order valence-corrected chi connectivity index (χ0v) is 12.7. The van der Waals surface area contributed by atoms with Crippen molar-refractivity contribution in [3.63, 3.8) is 0 Å². The molecule has 0 fully saturated rings. The third-order valence-corrected chi connectivity index (χ3v) is 3.77. The molecular weight excluding hydrogens is 320 g/mol. The Hall–Kier alpha value is -1.75. The molecule has 104 valence electrons. The Morgan fingerprint density at radius 3 is 2.85 bits per heavy atom. The molecule has 1 heterocycles. The fraction of sp³-hybridized carbons (Fsp3) is 0.267. The van der Waals surface area contributed by atoms with Crippen molar-refractivity contribution in [1.29, 1.82) is 0 Å². The third-order valence-electron chi connectivity index (χ3n) is 3.27. The lowest BCUT2D eigenvalue weighted by Gasteiger charge is -2.13. The van der Waals surface area contributed by atoms with Gasteiger partial charge in [0.2, 0.25) is 5.91 Å². The van der Waals surface area contributed by atoms with Gasteiger partial charge in [0.15, 0.2) is 0 Å². The van der Waals surface area contributed by atoms with Crippen LogP contribution in [0.3, 0.4) is 0 Å². The van der Waals surface area contributed by atoms with Crippen LogP contribution in [-0.4, -0.2) is 17.2 Å². The van der Waals surface area contributed by atoms with Gasteiger partial charge in [0.1, 0.15) is 6.29 Å². The van der Waals surface area contributed by atoms with Gasteiger partial charge in [-0.2, -0.15) is 0 Å². The van der Waals surface area contributed by atoms with Gasteiger partial charge in [-0.05, 0) is 37.1 Å². The maximum Gasteiger partial charge on any atom is 0.217 e. The molecule has 0 saturated carbocycles. The van der Waals surface area contributed by atoms with Crippen LogP contribution in [0.2, 0.25) is 0 Å². The molecule has 20 heavy (non-hydrogen) atoms. The minimum absolute atomic E-state index is 0.196. The number of aldehydes is 1. The number of amides is 1. The van der Waals surface area contributed by atoms with Crippen LogP contribution in [0, 0.1) is 6.92 Å². The van der Waals surface area contributed by atoms with Crippen molar-refractivity contribution in [2.24, 2.45) is 5.73 Å². The number of primary amides is 1. The van der Waals surface area contributed by atoms with Crippen LogP contribution in [0.1, 0.15) is 30.0 Å². The van der Waals surface area contributed by atoms with Crippen molar-refractivity contribution in [3.05, 3.63) is 40.0 Å². The smallest absolute Gasteiger partial charge is 0.217 e. The lowest BCUT2D eigenvalue weighted by molar-refractivity contribution is -0.118. The van der Waals surface area contributed by atoms with Crippen molar-refractivity contribution in [3.8, 4) is 0 Å². The van der Waals surface area contributed by atoms with E-state index in [2.05, 4.69) is 20.9 Å². The number of fused-ring (bicyclic) bond motifs is 1. The Labute approximate surface area is 125 Å². The molecule has 2 aromatic rings. The molecule has 0 saturated heterocycles. The highest BCUT2D eigenvalue weighted by Crippen LogP contribution is 2.27. The fourth-order valence-electron chi connectivity index (χ4n) is 2.22. The number of carbonyl (C=O) groups excluding carboxylic acids is 2. The molecule has 1 unspecified atom stereocenters. The number of pyridine rings is 1. The summed E-state index contributed by atoms with van der Waals surface area (Å²) in [5.41, 5.74) is 7.68. The quantitative estimate of drug-likeness (QED) is 0.854. The minimum atomic E-state index is -0.396. The van der Waals surface area contributed by atoms with E-state index in [9.17, 15) is 9.59 Å². The second-order valence-corrected chi connectivity index (χ2v) is 5.66. The molecular formula is C15H15BrN2O2. The number of rotatable bonds is 5. The lowest BCUT2D eigenvalue weighted by atomic mass is 9.93. The molecule has 0 aliphatic carbocycles. The number of hydrogen-bond donors (Lipinski definition) is 1. The first-order chi connectivity index (χ1) is 9.51. The van der Waals surface area contributed by atoms with Crippen LogP contribution in [-0.2, 0) is 9.59 Å². The highest BCUT2D eigenvalue weighted by Gasteiger charge is 2.16. The topological polar surface area (TPSA) is 73.1 Å². The van der Waals surface area contributed by atoms with E-state index in [1.807, 2.05) is 31.2 Å². The molecule has 1 amide bonds. The summed E-state index contributed by atoms with van der Waals surface area (Å²) in [7, 11) is 0. The van der Waals surface area contributed by atoms with Gasteiger partial charge in [0.05, 0.1) is 5.52 Å². The van der Waals surface area contributed by atoms with E-state index in [-0.39, 0.29) is 12.3 Å². The van der Waals surface area contributed by atoms with Gasteiger partial charge in [0.25, 0.3) is 0 Å². The van der Waals surface area contributed by atoms with Gasteiger partial charge in [-0.1, -0.05) is 22.0 Å². The van der Waals surface area contributed by atoms with Gasteiger partial charge in [-0.15, -0.1) is 0 Å². The molecule has 1 aromatic heterocycles. The number of aryl methyl sites for hydroxylation is 1. The van der Waals surface area contributed by atoms with Crippen molar-refractivity contribution in [1.82, 2.24) is 4.98 Å². The predicted molar refractivity (Wildman–Crippen MR) is 81.4 cm³/mol. The summed E-state index contributed by atoms with van der Waals surface area (Å²) in [5.74, 6) is -0.741. The van der Waals surface area contributed by atoms with Gasteiger partial charge < -0.3 is 10.5 Å². The summed E-state index contributed by atoms with van der Waals surface area (Å²) in [6.45, 7) is 1.87. The second kappa shape index (κ2) is 6.13. The Kier molecular flexibility index (Phi) is 4.49. The lowest BCUT2D eigenvalue weighted by Crippen LogP contribution is -2.13. The highest BCUT2D eigenvalue weighted by molar-refractivity contribution is 9.10. The Morgan fingerprint density at radius 2 is 2.20 bits per heavy atom. The van der Waals surface area contributed by atoms with Crippen LogP contribution in [0.15, 0.2) is 28.7 Å². The van der Waals surface area contributed by atoms with E-state index < -0.39 is 5.91 Å². The van der Waals surface area contributed by atoms with Crippen molar-refractivity contribution < 1.29 is 9.59 Å². The number of hydrogen-bond acceptors (Lipinski definition) is 3. The molecule has 0 aliphatic heterocycles. The first kappa shape index (κ1) is 14.7. The molecule has 0 bridgehead atoms. The molecule has 1 aromatic carbocycles. The monoisotopic (exact) mass is 334 g/mol. The maximum absolute atomic E-state index is 11.3. The largest absolute Gasteiger partial charge is 0.370 e. The van der Waals surface area contributed by atoms with E-state index in [1.54, 1.807) is 0 Å². The SMILES string of the molecule is Cc1nc2cc(Br)ccc2cc1C(C=O)CCC(N)=O. The molecule has 0 aliphatic rings. The summed E-state index contributed by atoms with van der Waals surface area (Å²) < 4.78 is 0.963. The van der Waals surface area contributed by atoms with E-state index in [0.29, 0.717) is 6.42 Å². The van der Waals surface area contributed by atoms with Gasteiger partial charge in [-0.3, -0.25) is 9.78 Å². The fourth-order valence-corrected chi connectivity index (χ4v) is 2.57. The molecule has 0 radical (unpaired) electrons. The number of benzene rings is 1. The standard InChI is InChI=1S/C15H15BrN2O2/c1-9-13(11(8-19)3-5-15(17)20)6-10-2-4-12(16)7-14(10)18-9/h2,4,6-8,11H,3,5H2,1H3,(H2,17,20). The van der Waals surface area contributed by atoms with Crippen LogP contribution in [0.5, 0.6) is 0 Å². The zero-order valence-electron chi connectivity index (χ0n) is 11.1. The molecule has 1 atom stereocenters. The molecule has 4 nitrogen and oxygen atoms in total. The minimum Gasteiger partial charge on any atom is -0.370 e. The summed E-state index contributed by atoms with van der Waals surface area (Å²) in [6.07, 6.45) is 1.47. The van der Waals surface area contributed by atoms with Crippen LogP contribution < -0.4 is 5.73 Å². The normalized spacial score (nSPS) is 12.3. The summed E-state index contributed by atoms with van der Waals surface area (Å²) in [5, 5.41) is 0.972. The van der Waals surface area contributed by atoms with Crippen molar-refractivity contribution >= 4 is 39.0 Å². The van der Waals surface area contributed by atoms with E-state index in [4.69, 9.17) is 5.73 Å². The van der Waals surface area contributed by atoms with Crippen molar-refractivity contribution in [2.75, 3.05) is 0 Å². The maximum atomic E-state index is 11.3.